The maximum absolute atomic E-state index is 11.1. The molecule has 1 aliphatic heterocycles. The first-order chi connectivity index (χ1) is 10.0. The third-order valence-electron chi connectivity index (χ3n) is 4.61. The quantitative estimate of drug-likeness (QED) is 0.523. The van der Waals surface area contributed by atoms with Gasteiger partial charge in [-0.1, -0.05) is 26.0 Å². The predicted molar refractivity (Wildman–Crippen MR) is 81.9 cm³/mol. The number of benzene rings is 1. The van der Waals surface area contributed by atoms with Crippen LogP contribution in [0.15, 0.2) is 24.3 Å². The standard InChI is InChI=1S/C16H20N2O3/c1-9(2)15-12-6-4-5-11(12)13-7-10(18(19)20)8-14(21-3)16(13)17-15/h4-5,7-9,11-12,15,17H,6H2,1-3H3. The van der Waals surface area contributed by atoms with Crippen LogP contribution in [-0.2, 0) is 0 Å². The molecule has 1 N–H and O–H groups in total. The number of methoxy groups -OCH3 is 1. The average Bonchev–Trinajstić information content (AvgIpc) is 2.94. The van der Waals surface area contributed by atoms with Crippen molar-refractivity contribution in [1.29, 1.82) is 0 Å². The van der Waals surface area contributed by atoms with Gasteiger partial charge in [-0.3, -0.25) is 10.1 Å². The second-order valence-electron chi connectivity index (χ2n) is 6.14. The first-order valence-corrected chi connectivity index (χ1v) is 7.32. The number of anilines is 1. The number of nitrogens with zero attached hydrogens (tertiary/aromatic N) is 1. The fourth-order valence-electron chi connectivity index (χ4n) is 3.62. The molecule has 21 heavy (non-hydrogen) atoms. The van der Waals surface area contributed by atoms with Gasteiger partial charge in [0.15, 0.2) is 0 Å². The maximum Gasteiger partial charge on any atom is 0.273 e. The number of nitrogens with one attached hydrogen (secondary N) is 1. The van der Waals surface area contributed by atoms with Crippen molar-refractivity contribution in [3.63, 3.8) is 0 Å². The molecule has 0 saturated carbocycles. The van der Waals surface area contributed by atoms with Crippen molar-refractivity contribution in [1.82, 2.24) is 0 Å². The summed E-state index contributed by atoms with van der Waals surface area (Å²) in [4.78, 5) is 10.8. The minimum atomic E-state index is -0.356. The van der Waals surface area contributed by atoms with Gasteiger partial charge in [-0.25, -0.2) is 0 Å². The molecule has 0 saturated heterocycles. The third kappa shape index (κ3) is 2.17. The van der Waals surface area contributed by atoms with Crippen LogP contribution in [0.25, 0.3) is 0 Å². The Labute approximate surface area is 124 Å². The molecule has 3 unspecified atom stereocenters. The van der Waals surface area contributed by atoms with Crippen LogP contribution in [0.4, 0.5) is 11.4 Å². The highest BCUT2D eigenvalue weighted by atomic mass is 16.6. The highest BCUT2D eigenvalue weighted by molar-refractivity contribution is 5.70. The zero-order valence-electron chi connectivity index (χ0n) is 12.5. The van der Waals surface area contributed by atoms with Crippen LogP contribution in [0, 0.1) is 22.0 Å². The first kappa shape index (κ1) is 13.9. The molecule has 5 heteroatoms. The minimum Gasteiger partial charge on any atom is -0.494 e. The van der Waals surface area contributed by atoms with Crippen LogP contribution in [0.5, 0.6) is 5.75 Å². The number of fused-ring (bicyclic) bond motifs is 3. The molecule has 2 aliphatic rings. The Balaban J connectivity index is 2.15. The Kier molecular flexibility index (Phi) is 3.35. The summed E-state index contributed by atoms with van der Waals surface area (Å²) in [6.07, 6.45) is 5.39. The summed E-state index contributed by atoms with van der Waals surface area (Å²) in [5, 5.41) is 14.7. The highest BCUT2D eigenvalue weighted by Crippen LogP contribution is 2.50. The van der Waals surface area contributed by atoms with Gasteiger partial charge >= 0.3 is 0 Å². The van der Waals surface area contributed by atoms with Gasteiger partial charge in [-0.05, 0) is 23.8 Å². The van der Waals surface area contributed by atoms with Gasteiger partial charge in [0.2, 0.25) is 0 Å². The summed E-state index contributed by atoms with van der Waals surface area (Å²) in [5.41, 5.74) is 1.99. The van der Waals surface area contributed by atoms with Crippen molar-refractivity contribution in [3.8, 4) is 5.75 Å². The molecule has 1 heterocycles. The molecule has 0 fully saturated rings. The topological polar surface area (TPSA) is 64.4 Å². The van der Waals surface area contributed by atoms with Gasteiger partial charge in [0.05, 0.1) is 23.8 Å². The molecular formula is C16H20N2O3. The predicted octanol–water partition coefficient (Wildman–Crippen LogP) is 3.71. The minimum absolute atomic E-state index is 0.0921. The van der Waals surface area contributed by atoms with E-state index in [0.717, 1.165) is 17.7 Å². The summed E-state index contributed by atoms with van der Waals surface area (Å²) < 4.78 is 5.39. The number of ether oxygens (including phenoxy) is 1. The molecule has 0 aromatic heterocycles. The van der Waals surface area contributed by atoms with Crippen LogP contribution in [-0.4, -0.2) is 18.1 Å². The molecule has 1 aromatic carbocycles. The molecular weight excluding hydrogens is 268 g/mol. The monoisotopic (exact) mass is 288 g/mol. The van der Waals surface area contributed by atoms with Crippen molar-refractivity contribution in [2.75, 3.05) is 12.4 Å². The summed E-state index contributed by atoms with van der Waals surface area (Å²) in [7, 11) is 1.56. The smallest absolute Gasteiger partial charge is 0.273 e. The summed E-state index contributed by atoms with van der Waals surface area (Å²) in [6.45, 7) is 4.41. The van der Waals surface area contributed by atoms with E-state index >= 15 is 0 Å². The molecule has 0 bridgehead atoms. The third-order valence-corrected chi connectivity index (χ3v) is 4.61. The molecule has 0 radical (unpaired) electrons. The highest BCUT2D eigenvalue weighted by Gasteiger charge is 2.40. The number of nitro groups is 1. The molecule has 1 aliphatic carbocycles. The fraction of sp³-hybridized carbons (Fsp3) is 0.500. The Morgan fingerprint density at radius 1 is 1.43 bits per heavy atom. The van der Waals surface area contributed by atoms with Crippen LogP contribution >= 0.6 is 0 Å². The molecule has 3 rings (SSSR count). The van der Waals surface area contributed by atoms with Gasteiger partial charge in [0.25, 0.3) is 5.69 Å². The van der Waals surface area contributed by atoms with Gasteiger partial charge in [-0.2, -0.15) is 0 Å². The summed E-state index contributed by atoms with van der Waals surface area (Å²) in [5.74, 6) is 1.75. The van der Waals surface area contributed by atoms with Crippen molar-refractivity contribution in [2.24, 2.45) is 11.8 Å². The molecule has 3 atom stereocenters. The van der Waals surface area contributed by atoms with E-state index in [9.17, 15) is 10.1 Å². The lowest BCUT2D eigenvalue weighted by Crippen LogP contribution is -2.39. The van der Waals surface area contributed by atoms with E-state index in [1.807, 2.05) is 0 Å². The van der Waals surface area contributed by atoms with Crippen molar-refractivity contribution in [2.45, 2.75) is 32.2 Å². The van der Waals surface area contributed by atoms with Crippen molar-refractivity contribution < 1.29 is 9.66 Å². The van der Waals surface area contributed by atoms with Gasteiger partial charge in [0.1, 0.15) is 5.75 Å². The maximum atomic E-state index is 11.1. The van der Waals surface area contributed by atoms with Crippen molar-refractivity contribution in [3.05, 3.63) is 40.0 Å². The molecule has 5 nitrogen and oxygen atoms in total. The Hall–Kier alpha value is -2.04. The first-order valence-electron chi connectivity index (χ1n) is 7.32. The van der Waals surface area contributed by atoms with Crippen molar-refractivity contribution >= 4 is 11.4 Å². The zero-order valence-corrected chi connectivity index (χ0v) is 12.5. The summed E-state index contributed by atoms with van der Waals surface area (Å²) in [6, 6.07) is 3.55. The number of hydrogen-bond acceptors (Lipinski definition) is 4. The van der Waals surface area contributed by atoms with E-state index in [-0.39, 0.29) is 16.5 Å². The lowest BCUT2D eigenvalue weighted by molar-refractivity contribution is -0.385. The van der Waals surface area contributed by atoms with E-state index in [2.05, 4.69) is 31.3 Å². The fourth-order valence-corrected chi connectivity index (χ4v) is 3.62. The van der Waals surface area contributed by atoms with Crippen LogP contribution < -0.4 is 10.1 Å². The van der Waals surface area contributed by atoms with E-state index in [0.29, 0.717) is 23.6 Å². The Morgan fingerprint density at radius 3 is 2.81 bits per heavy atom. The summed E-state index contributed by atoms with van der Waals surface area (Å²) >= 11 is 0. The van der Waals surface area contributed by atoms with Crippen LogP contribution in [0.1, 0.15) is 31.7 Å². The van der Waals surface area contributed by atoms with E-state index in [4.69, 9.17) is 4.74 Å². The number of hydrogen-bond donors (Lipinski definition) is 1. The normalized spacial score (nSPS) is 26.2. The Morgan fingerprint density at radius 2 is 2.19 bits per heavy atom. The van der Waals surface area contributed by atoms with Gasteiger partial charge in [-0.15, -0.1) is 0 Å². The molecule has 0 amide bonds. The van der Waals surface area contributed by atoms with E-state index < -0.39 is 0 Å². The zero-order chi connectivity index (χ0) is 15.1. The molecule has 1 aromatic rings. The number of nitro benzene ring substituents is 1. The number of rotatable bonds is 3. The van der Waals surface area contributed by atoms with E-state index in [1.54, 1.807) is 13.2 Å². The second-order valence-corrected chi connectivity index (χ2v) is 6.14. The van der Waals surface area contributed by atoms with Crippen LogP contribution in [0.2, 0.25) is 0 Å². The average molecular weight is 288 g/mol. The number of non-ortho nitro benzene ring substituents is 1. The Bertz CT molecular complexity index is 610. The van der Waals surface area contributed by atoms with Gasteiger partial charge < -0.3 is 10.1 Å². The number of allylic oxidation sites excluding steroid dienone is 2. The SMILES string of the molecule is COc1cc([N+](=O)[O-])cc2c1NC(C(C)C)C1CC=CC21. The lowest BCUT2D eigenvalue weighted by Gasteiger charge is -2.39. The van der Waals surface area contributed by atoms with Crippen LogP contribution in [0.3, 0.4) is 0 Å². The van der Waals surface area contributed by atoms with Gasteiger partial charge in [0, 0.05) is 18.0 Å². The van der Waals surface area contributed by atoms with E-state index in [1.165, 1.54) is 6.07 Å². The second kappa shape index (κ2) is 5.06. The largest absolute Gasteiger partial charge is 0.494 e. The lowest BCUT2D eigenvalue weighted by atomic mass is 9.75. The molecule has 0 spiro atoms. The molecule has 112 valence electrons.